The fourth-order valence-corrected chi connectivity index (χ4v) is 3.74. The number of H-pyrrole nitrogens is 1. The molecule has 1 aliphatic rings. The van der Waals surface area contributed by atoms with Gasteiger partial charge in [0.25, 0.3) is 0 Å². The quantitative estimate of drug-likeness (QED) is 0.583. The molecule has 4 rings (SSSR count). The maximum Gasteiger partial charge on any atom is 0.136 e. The summed E-state index contributed by atoms with van der Waals surface area (Å²) in [6.07, 6.45) is 5.89. The largest absolute Gasteiger partial charge is 0.506 e. The minimum atomic E-state index is 0.224. The third-order valence-electron chi connectivity index (χ3n) is 5.69. The lowest BCUT2D eigenvalue weighted by molar-refractivity contribution is 0.415. The lowest BCUT2D eigenvalue weighted by atomic mass is 9.95. The Kier molecular flexibility index (Phi) is 4.42. The Balaban J connectivity index is 1.67. The number of rotatable bonds is 6. The molecule has 0 atom stereocenters. The summed E-state index contributed by atoms with van der Waals surface area (Å²) in [4.78, 5) is 8.28. The molecule has 0 bridgehead atoms. The Morgan fingerprint density at radius 1 is 1.26 bits per heavy atom. The number of nitrogens with zero attached hydrogens (tertiary/aromatic N) is 1. The third kappa shape index (κ3) is 3.32. The van der Waals surface area contributed by atoms with Crippen LogP contribution in [0.25, 0.3) is 16.7 Å². The Morgan fingerprint density at radius 2 is 2.07 bits per heavy atom. The van der Waals surface area contributed by atoms with Crippen LogP contribution in [0.5, 0.6) is 5.75 Å². The summed E-state index contributed by atoms with van der Waals surface area (Å²) in [7, 11) is 1.70. The molecule has 4 heteroatoms. The van der Waals surface area contributed by atoms with Gasteiger partial charge in [-0.2, -0.15) is 0 Å². The molecular formula is C23H26N2O2. The van der Waals surface area contributed by atoms with Gasteiger partial charge in [-0.25, -0.2) is 4.98 Å². The number of hydrogen-bond donors (Lipinski definition) is 2. The van der Waals surface area contributed by atoms with Crippen molar-refractivity contribution in [2.75, 3.05) is 7.11 Å². The van der Waals surface area contributed by atoms with Crippen molar-refractivity contribution >= 4 is 16.7 Å². The number of hydrogen-bond acceptors (Lipinski definition) is 3. The highest BCUT2D eigenvalue weighted by atomic mass is 16.5. The van der Waals surface area contributed by atoms with Gasteiger partial charge in [0.2, 0.25) is 0 Å². The van der Waals surface area contributed by atoms with Crippen molar-refractivity contribution in [3.63, 3.8) is 0 Å². The molecule has 1 fully saturated rings. The number of fused-ring (bicyclic) bond motifs is 1. The number of aromatic amines is 1. The van der Waals surface area contributed by atoms with Crippen molar-refractivity contribution in [3.05, 3.63) is 65.1 Å². The van der Waals surface area contributed by atoms with Crippen LogP contribution in [0.3, 0.4) is 0 Å². The van der Waals surface area contributed by atoms with E-state index in [1.807, 2.05) is 31.2 Å². The van der Waals surface area contributed by atoms with Gasteiger partial charge < -0.3 is 14.8 Å². The zero-order valence-electron chi connectivity index (χ0n) is 16.2. The van der Waals surface area contributed by atoms with Crippen LogP contribution in [0.15, 0.2) is 42.5 Å². The minimum absolute atomic E-state index is 0.224. The molecule has 140 valence electrons. The highest BCUT2D eigenvalue weighted by Gasteiger charge is 2.42. The fourth-order valence-electron chi connectivity index (χ4n) is 3.74. The molecule has 4 nitrogen and oxygen atoms in total. The molecular weight excluding hydrogens is 336 g/mol. The first kappa shape index (κ1) is 17.7. The predicted octanol–water partition coefficient (Wildman–Crippen LogP) is 5.33. The van der Waals surface area contributed by atoms with Crippen molar-refractivity contribution in [3.8, 4) is 5.75 Å². The smallest absolute Gasteiger partial charge is 0.136 e. The van der Waals surface area contributed by atoms with Crippen molar-refractivity contribution in [2.45, 2.75) is 44.9 Å². The fraction of sp³-hybridized carbons (Fsp3) is 0.348. The molecule has 27 heavy (non-hydrogen) atoms. The number of aryl methyl sites for hydroxylation is 2. The molecule has 2 aromatic heterocycles. The second kappa shape index (κ2) is 6.76. The molecule has 2 N–H and O–H groups in total. The predicted molar refractivity (Wildman–Crippen MR) is 109 cm³/mol. The Bertz CT molecular complexity index is 1010. The summed E-state index contributed by atoms with van der Waals surface area (Å²) in [5, 5.41) is 11.2. The molecule has 0 unspecified atom stereocenters. The molecule has 1 aromatic carbocycles. The van der Waals surface area contributed by atoms with Crippen LogP contribution in [0.2, 0.25) is 0 Å². The van der Waals surface area contributed by atoms with Crippen LogP contribution in [0.1, 0.15) is 49.3 Å². The van der Waals surface area contributed by atoms with Crippen LogP contribution in [0.4, 0.5) is 0 Å². The van der Waals surface area contributed by atoms with Gasteiger partial charge in [-0.15, -0.1) is 0 Å². The number of aliphatic hydroxyl groups is 1. The van der Waals surface area contributed by atoms with E-state index in [4.69, 9.17) is 4.74 Å². The molecule has 0 amide bonds. The number of allylic oxidation sites excluding steroid dienone is 1. The van der Waals surface area contributed by atoms with Gasteiger partial charge in [-0.1, -0.05) is 13.0 Å². The van der Waals surface area contributed by atoms with E-state index in [1.165, 1.54) is 29.5 Å². The Labute approximate surface area is 159 Å². The average molecular weight is 362 g/mol. The van der Waals surface area contributed by atoms with E-state index in [0.29, 0.717) is 5.69 Å². The number of benzene rings is 1. The first-order valence-electron chi connectivity index (χ1n) is 9.55. The van der Waals surface area contributed by atoms with Gasteiger partial charge in [0.15, 0.2) is 0 Å². The maximum absolute atomic E-state index is 9.94. The summed E-state index contributed by atoms with van der Waals surface area (Å²) >= 11 is 0. The van der Waals surface area contributed by atoms with Gasteiger partial charge in [0, 0.05) is 33.8 Å². The van der Waals surface area contributed by atoms with Crippen LogP contribution in [-0.2, 0) is 18.3 Å². The normalized spacial score (nSPS) is 15.9. The van der Waals surface area contributed by atoms with E-state index in [1.54, 1.807) is 13.2 Å². The topological polar surface area (TPSA) is 58.1 Å². The van der Waals surface area contributed by atoms with E-state index < -0.39 is 0 Å². The van der Waals surface area contributed by atoms with Crippen molar-refractivity contribution in [2.24, 2.45) is 0 Å². The summed E-state index contributed by atoms with van der Waals surface area (Å²) in [6.45, 7) is 4.15. The summed E-state index contributed by atoms with van der Waals surface area (Å²) in [5.41, 5.74) is 5.78. The van der Waals surface area contributed by atoms with Gasteiger partial charge in [-0.3, -0.25) is 0 Å². The summed E-state index contributed by atoms with van der Waals surface area (Å²) in [5.74, 6) is 1.10. The first-order chi connectivity index (χ1) is 13.0. The van der Waals surface area contributed by atoms with Crippen molar-refractivity contribution < 1.29 is 9.84 Å². The van der Waals surface area contributed by atoms with E-state index in [-0.39, 0.29) is 11.2 Å². The van der Waals surface area contributed by atoms with Gasteiger partial charge in [0.1, 0.15) is 17.2 Å². The van der Waals surface area contributed by atoms with Crippen LogP contribution < -0.4 is 4.74 Å². The monoisotopic (exact) mass is 362 g/mol. The molecule has 1 saturated carbocycles. The molecule has 2 heterocycles. The van der Waals surface area contributed by atoms with E-state index in [2.05, 4.69) is 29.0 Å². The van der Waals surface area contributed by atoms with Crippen LogP contribution in [0, 0.1) is 0 Å². The van der Waals surface area contributed by atoms with Crippen molar-refractivity contribution in [1.82, 2.24) is 9.97 Å². The lowest BCUT2D eigenvalue weighted by Gasteiger charge is -2.11. The van der Waals surface area contributed by atoms with E-state index in [0.717, 1.165) is 29.8 Å². The Morgan fingerprint density at radius 3 is 2.78 bits per heavy atom. The van der Waals surface area contributed by atoms with Gasteiger partial charge in [-0.05, 0) is 68.5 Å². The first-order valence-corrected chi connectivity index (χ1v) is 9.55. The number of nitrogens with one attached hydrogen (secondary N) is 1. The second-order valence-electron chi connectivity index (χ2n) is 7.64. The van der Waals surface area contributed by atoms with Gasteiger partial charge >= 0.3 is 0 Å². The number of pyridine rings is 1. The van der Waals surface area contributed by atoms with Crippen LogP contribution in [-0.4, -0.2) is 22.2 Å². The Hall–Kier alpha value is -2.75. The molecule has 0 saturated heterocycles. The van der Waals surface area contributed by atoms with E-state index >= 15 is 0 Å². The minimum Gasteiger partial charge on any atom is -0.506 e. The third-order valence-corrected chi connectivity index (χ3v) is 5.69. The number of aromatic nitrogens is 2. The van der Waals surface area contributed by atoms with Crippen LogP contribution >= 0.6 is 0 Å². The highest BCUT2D eigenvalue weighted by Crippen LogP contribution is 2.50. The number of aliphatic hydroxyl groups excluding tert-OH is 1. The number of methoxy groups -OCH3 is 1. The molecule has 0 spiro atoms. The average Bonchev–Trinajstić information content (AvgIpc) is 3.34. The highest BCUT2D eigenvalue weighted by molar-refractivity contribution is 5.86. The lowest BCUT2D eigenvalue weighted by Crippen LogP contribution is -2.06. The van der Waals surface area contributed by atoms with E-state index in [9.17, 15) is 5.11 Å². The maximum atomic E-state index is 9.94. The summed E-state index contributed by atoms with van der Waals surface area (Å²) < 4.78 is 5.39. The molecule has 0 radical (unpaired) electrons. The SMILES string of the molecule is C/C=C(/O)c1cccc(CCc2c(C3(C)CC3)[nH]c3cc(OC)ccc23)n1. The second-order valence-corrected chi connectivity index (χ2v) is 7.64. The zero-order valence-corrected chi connectivity index (χ0v) is 16.2. The van der Waals surface area contributed by atoms with Crippen molar-refractivity contribution in [1.29, 1.82) is 0 Å². The molecule has 1 aliphatic carbocycles. The van der Waals surface area contributed by atoms with Gasteiger partial charge in [0.05, 0.1) is 7.11 Å². The zero-order chi connectivity index (χ0) is 19.0. The summed E-state index contributed by atoms with van der Waals surface area (Å²) in [6, 6.07) is 12.1. The molecule has 0 aliphatic heterocycles. The standard InChI is InChI=1S/C23H26N2O2/c1-4-21(26)19-7-5-6-15(24-19)8-10-18-17-11-9-16(27-3)14-20(17)25-22(18)23(2)12-13-23/h4-7,9,11,14,25-26H,8,10,12-13H2,1-3H3/b21-4+. The molecule has 3 aromatic rings. The number of ether oxygens (including phenoxy) is 1.